The Morgan fingerprint density at radius 1 is 1.22 bits per heavy atom. The fourth-order valence-corrected chi connectivity index (χ4v) is 1.82. The molecule has 3 aromatic rings. The molecule has 0 saturated heterocycles. The quantitative estimate of drug-likeness (QED) is 0.532. The molecule has 1 amide bonds. The first-order valence-corrected chi connectivity index (χ1v) is 6.42. The minimum Gasteiger partial charge on any atom is -0.390 e. The highest BCUT2D eigenvalue weighted by Gasteiger charge is 2.15. The molecule has 0 unspecified atom stereocenters. The van der Waals surface area contributed by atoms with Crippen molar-refractivity contribution in [2.24, 2.45) is 0 Å². The van der Waals surface area contributed by atoms with Crippen LogP contribution in [0.1, 0.15) is 0 Å². The Kier molecular flexibility index (Phi) is 3.74. The first-order chi connectivity index (χ1) is 11.1. The third-order valence-electron chi connectivity index (χ3n) is 2.79. The van der Waals surface area contributed by atoms with Crippen molar-refractivity contribution in [3.63, 3.8) is 0 Å². The maximum Gasteiger partial charge on any atom is 0.490 e. The Hall–Kier alpha value is -3.63. The molecule has 11 heteroatoms. The summed E-state index contributed by atoms with van der Waals surface area (Å²) in [6, 6.07) is 6.88. The van der Waals surface area contributed by atoms with Crippen molar-refractivity contribution in [3.05, 3.63) is 53.1 Å². The number of nitrogens with one attached hydrogen (secondary N) is 1. The largest absolute Gasteiger partial charge is 0.490 e. The molecule has 23 heavy (non-hydrogen) atoms. The fraction of sp³-hybridized carbons (Fsp3) is 0.0833. The number of nitro groups is 1. The van der Waals surface area contributed by atoms with Gasteiger partial charge >= 0.3 is 5.95 Å². The normalized spacial score (nSPS) is 10.4. The Morgan fingerprint density at radius 3 is 2.52 bits per heavy atom. The molecule has 116 valence electrons. The number of hydrogen-bond donors (Lipinski definition) is 1. The lowest BCUT2D eigenvalue weighted by Crippen LogP contribution is -2.19. The number of rotatable bonds is 5. The predicted molar refractivity (Wildman–Crippen MR) is 76.7 cm³/mol. The molecule has 0 saturated carbocycles. The first-order valence-electron chi connectivity index (χ1n) is 6.42. The van der Waals surface area contributed by atoms with E-state index in [1.807, 2.05) is 0 Å². The van der Waals surface area contributed by atoms with Gasteiger partial charge in [-0.1, -0.05) is 4.98 Å². The highest BCUT2D eigenvalue weighted by molar-refractivity contribution is 5.90. The first kappa shape index (κ1) is 14.3. The van der Waals surface area contributed by atoms with Gasteiger partial charge in [-0.3, -0.25) is 4.79 Å². The van der Waals surface area contributed by atoms with Crippen molar-refractivity contribution in [1.29, 1.82) is 0 Å². The van der Waals surface area contributed by atoms with Crippen molar-refractivity contribution in [2.45, 2.75) is 6.54 Å². The maximum absolute atomic E-state index is 11.9. The molecule has 0 radical (unpaired) electrons. The van der Waals surface area contributed by atoms with Gasteiger partial charge in [-0.2, -0.15) is 19.7 Å². The van der Waals surface area contributed by atoms with Crippen molar-refractivity contribution in [3.8, 4) is 5.69 Å². The molecule has 0 fully saturated rings. The summed E-state index contributed by atoms with van der Waals surface area (Å²) in [5.41, 5.74) is 1.32. The van der Waals surface area contributed by atoms with Gasteiger partial charge < -0.3 is 15.4 Å². The number of benzene rings is 1. The summed E-state index contributed by atoms with van der Waals surface area (Å²) in [6.45, 7) is -0.177. The Balaban J connectivity index is 1.62. The summed E-state index contributed by atoms with van der Waals surface area (Å²) in [7, 11) is 0. The zero-order chi connectivity index (χ0) is 16.2. The Bertz CT molecular complexity index is 824. The summed E-state index contributed by atoms with van der Waals surface area (Å²) in [6.07, 6.45) is 4.25. The second-order valence-corrected chi connectivity index (χ2v) is 4.41. The number of hydrogen-bond acceptors (Lipinski definition) is 7. The van der Waals surface area contributed by atoms with Crippen molar-refractivity contribution in [1.82, 2.24) is 29.8 Å². The molecule has 3 rings (SSSR count). The van der Waals surface area contributed by atoms with Gasteiger partial charge in [-0.05, 0) is 29.2 Å². The van der Waals surface area contributed by atoms with E-state index < -0.39 is 10.9 Å². The molecule has 11 nitrogen and oxygen atoms in total. The molecule has 0 spiro atoms. The molecule has 1 aromatic carbocycles. The summed E-state index contributed by atoms with van der Waals surface area (Å²) in [4.78, 5) is 26.5. The van der Waals surface area contributed by atoms with Gasteiger partial charge in [0.05, 0.1) is 18.1 Å². The van der Waals surface area contributed by atoms with Crippen LogP contribution in [0.25, 0.3) is 5.69 Å². The average Bonchev–Trinajstić information content (AvgIpc) is 3.19. The minimum absolute atomic E-state index is 0.177. The van der Waals surface area contributed by atoms with Crippen LogP contribution >= 0.6 is 0 Å². The number of anilines is 1. The SMILES string of the molecule is O=C(Cn1cnc([N+](=O)[O-])n1)Nc1ccc(-n2nccn2)cc1. The van der Waals surface area contributed by atoms with Crippen LogP contribution in [0.4, 0.5) is 11.6 Å². The number of amides is 1. The average molecular weight is 314 g/mol. The van der Waals surface area contributed by atoms with E-state index in [1.54, 1.807) is 36.7 Å². The van der Waals surface area contributed by atoms with E-state index in [0.717, 1.165) is 16.7 Å². The third-order valence-corrected chi connectivity index (χ3v) is 2.79. The molecule has 2 aromatic heterocycles. The monoisotopic (exact) mass is 314 g/mol. The molecule has 2 heterocycles. The zero-order valence-electron chi connectivity index (χ0n) is 11.6. The van der Waals surface area contributed by atoms with E-state index in [-0.39, 0.29) is 12.5 Å². The standard InChI is InChI=1S/C12H10N8O3/c21-11(7-18-8-13-12(17-18)20(22)23)16-9-1-3-10(4-2-9)19-14-5-6-15-19/h1-6,8H,7H2,(H,16,21). The smallest absolute Gasteiger partial charge is 0.390 e. The number of nitrogens with zero attached hydrogens (tertiary/aromatic N) is 7. The molecule has 1 N–H and O–H groups in total. The highest BCUT2D eigenvalue weighted by Crippen LogP contribution is 2.11. The van der Waals surface area contributed by atoms with Gasteiger partial charge in [0, 0.05) is 10.8 Å². The number of aromatic nitrogens is 6. The van der Waals surface area contributed by atoms with E-state index in [4.69, 9.17) is 0 Å². The van der Waals surface area contributed by atoms with E-state index in [9.17, 15) is 14.9 Å². The van der Waals surface area contributed by atoms with Crippen molar-refractivity contribution in [2.75, 3.05) is 5.32 Å². The fourth-order valence-electron chi connectivity index (χ4n) is 1.82. The lowest BCUT2D eigenvalue weighted by Gasteiger charge is -2.05. The van der Waals surface area contributed by atoms with Crippen LogP contribution in [0.3, 0.4) is 0 Å². The Morgan fingerprint density at radius 2 is 1.91 bits per heavy atom. The van der Waals surface area contributed by atoms with Crippen LogP contribution in [0.2, 0.25) is 0 Å². The molecular weight excluding hydrogens is 304 g/mol. The molecule has 0 aliphatic rings. The molecular formula is C12H10N8O3. The van der Waals surface area contributed by atoms with E-state index in [1.165, 1.54) is 4.80 Å². The topological polar surface area (TPSA) is 134 Å². The minimum atomic E-state index is -0.726. The summed E-state index contributed by atoms with van der Waals surface area (Å²) >= 11 is 0. The van der Waals surface area contributed by atoms with E-state index in [2.05, 4.69) is 25.6 Å². The van der Waals surface area contributed by atoms with Gasteiger partial charge in [-0.25, -0.2) is 0 Å². The second-order valence-electron chi connectivity index (χ2n) is 4.41. The highest BCUT2D eigenvalue weighted by atomic mass is 16.6. The van der Waals surface area contributed by atoms with Crippen LogP contribution in [-0.2, 0) is 11.3 Å². The predicted octanol–water partition coefficient (Wildman–Crippen LogP) is 0.406. The summed E-state index contributed by atoms with van der Waals surface area (Å²) in [5.74, 6) is -0.927. The zero-order valence-corrected chi connectivity index (χ0v) is 11.6. The van der Waals surface area contributed by atoms with Gasteiger partial charge in [0.2, 0.25) is 12.2 Å². The van der Waals surface area contributed by atoms with Crippen LogP contribution in [-0.4, -0.2) is 40.6 Å². The van der Waals surface area contributed by atoms with Crippen molar-refractivity contribution >= 4 is 17.5 Å². The van der Waals surface area contributed by atoms with Crippen LogP contribution in [0, 0.1) is 10.1 Å². The lowest BCUT2D eigenvalue weighted by molar-refractivity contribution is -0.394. The lowest BCUT2D eigenvalue weighted by atomic mass is 10.3. The Labute approximate surface area is 128 Å². The van der Waals surface area contributed by atoms with Crippen LogP contribution < -0.4 is 5.32 Å². The van der Waals surface area contributed by atoms with Gasteiger partial charge in [0.1, 0.15) is 6.54 Å². The van der Waals surface area contributed by atoms with Gasteiger partial charge in [0.15, 0.2) is 0 Å². The van der Waals surface area contributed by atoms with E-state index >= 15 is 0 Å². The maximum atomic E-state index is 11.9. The third kappa shape index (κ3) is 3.34. The van der Waals surface area contributed by atoms with Crippen molar-refractivity contribution < 1.29 is 9.72 Å². The molecule has 0 aliphatic carbocycles. The van der Waals surface area contributed by atoms with Crippen LogP contribution in [0.15, 0.2) is 43.0 Å². The van der Waals surface area contributed by atoms with Gasteiger partial charge in [0.25, 0.3) is 0 Å². The summed E-state index contributed by atoms with van der Waals surface area (Å²) < 4.78 is 1.09. The van der Waals surface area contributed by atoms with Crippen LogP contribution in [0.5, 0.6) is 0 Å². The molecule has 0 atom stereocenters. The second kappa shape index (κ2) is 6.01. The number of carbonyl (C=O) groups excluding carboxylic acids is 1. The summed E-state index contributed by atoms with van der Waals surface area (Å²) in [5, 5.41) is 24.7. The molecule has 0 bridgehead atoms. The molecule has 0 aliphatic heterocycles. The van der Waals surface area contributed by atoms with E-state index in [0.29, 0.717) is 5.69 Å². The van der Waals surface area contributed by atoms with Gasteiger partial charge in [-0.15, -0.1) is 0 Å². The number of carbonyl (C=O) groups is 1.